The summed E-state index contributed by atoms with van der Waals surface area (Å²) in [6.07, 6.45) is 0.469. The third-order valence-corrected chi connectivity index (χ3v) is 1.38. The van der Waals surface area contributed by atoms with Gasteiger partial charge in [-0.2, -0.15) is 5.48 Å². The SMILES string of the molecule is NCc1ccc(ONC=O)cc1. The molecular formula is C8H10N2O2. The minimum absolute atomic E-state index is 0.469. The number of hydrogen-bond acceptors (Lipinski definition) is 3. The molecule has 1 amide bonds. The van der Waals surface area contributed by atoms with Crippen molar-refractivity contribution in [3.63, 3.8) is 0 Å². The molecule has 0 fully saturated rings. The second kappa shape index (κ2) is 4.35. The molecule has 0 spiro atoms. The summed E-state index contributed by atoms with van der Waals surface area (Å²) in [6, 6.07) is 7.14. The molecule has 0 radical (unpaired) electrons. The van der Waals surface area contributed by atoms with Crippen molar-refractivity contribution in [2.24, 2.45) is 5.73 Å². The van der Waals surface area contributed by atoms with Gasteiger partial charge in [-0.05, 0) is 17.7 Å². The van der Waals surface area contributed by atoms with Crippen LogP contribution in [0.3, 0.4) is 0 Å². The highest BCUT2D eigenvalue weighted by atomic mass is 16.6. The number of nitrogens with two attached hydrogens (primary N) is 1. The molecule has 0 saturated carbocycles. The van der Waals surface area contributed by atoms with E-state index in [1.807, 2.05) is 12.1 Å². The van der Waals surface area contributed by atoms with Gasteiger partial charge < -0.3 is 10.6 Å². The van der Waals surface area contributed by atoms with Crippen LogP contribution < -0.4 is 16.1 Å². The van der Waals surface area contributed by atoms with E-state index in [4.69, 9.17) is 10.6 Å². The molecule has 4 nitrogen and oxygen atoms in total. The number of carbonyl (C=O) groups is 1. The quantitative estimate of drug-likeness (QED) is 0.495. The molecule has 3 N–H and O–H groups in total. The average Bonchev–Trinajstić information content (AvgIpc) is 2.15. The fourth-order valence-corrected chi connectivity index (χ4v) is 0.786. The molecule has 0 bridgehead atoms. The number of nitrogens with one attached hydrogen (secondary N) is 1. The zero-order valence-electron chi connectivity index (χ0n) is 6.49. The summed E-state index contributed by atoms with van der Waals surface area (Å²) in [5.74, 6) is 0.583. The second-order valence-corrected chi connectivity index (χ2v) is 2.19. The van der Waals surface area contributed by atoms with E-state index in [9.17, 15) is 4.79 Å². The van der Waals surface area contributed by atoms with Crippen LogP contribution in [0.4, 0.5) is 0 Å². The van der Waals surface area contributed by atoms with Gasteiger partial charge in [-0.15, -0.1) is 0 Å². The Morgan fingerprint density at radius 1 is 1.42 bits per heavy atom. The molecule has 0 heterocycles. The molecule has 0 unspecified atom stereocenters. The summed E-state index contributed by atoms with van der Waals surface area (Å²) in [7, 11) is 0. The first kappa shape index (κ1) is 8.55. The molecule has 1 rings (SSSR count). The Bertz CT molecular complexity index is 246. The number of carbonyl (C=O) groups excluding carboxylic acids is 1. The molecule has 4 heteroatoms. The zero-order valence-corrected chi connectivity index (χ0v) is 6.49. The van der Waals surface area contributed by atoms with Crippen LogP contribution in [0.5, 0.6) is 5.75 Å². The van der Waals surface area contributed by atoms with Gasteiger partial charge >= 0.3 is 0 Å². The summed E-state index contributed by atoms with van der Waals surface area (Å²) in [4.78, 5) is 14.6. The first-order chi connectivity index (χ1) is 5.86. The topological polar surface area (TPSA) is 64.3 Å². The number of benzene rings is 1. The number of rotatable bonds is 4. The van der Waals surface area contributed by atoms with E-state index in [2.05, 4.69) is 5.48 Å². The van der Waals surface area contributed by atoms with Crippen LogP contribution in [-0.2, 0) is 11.3 Å². The van der Waals surface area contributed by atoms with Gasteiger partial charge in [0.25, 0.3) is 0 Å². The highest BCUT2D eigenvalue weighted by Gasteiger charge is 1.92. The Kier molecular flexibility index (Phi) is 3.10. The van der Waals surface area contributed by atoms with Crippen LogP contribution in [-0.4, -0.2) is 6.41 Å². The highest BCUT2D eigenvalue weighted by molar-refractivity contribution is 5.44. The lowest BCUT2D eigenvalue weighted by Gasteiger charge is -2.02. The lowest BCUT2D eigenvalue weighted by molar-refractivity contribution is -0.115. The Balaban J connectivity index is 2.58. The van der Waals surface area contributed by atoms with Crippen LogP contribution in [0.25, 0.3) is 0 Å². The molecule has 0 aliphatic heterocycles. The molecule has 12 heavy (non-hydrogen) atoms. The Morgan fingerprint density at radius 3 is 2.58 bits per heavy atom. The van der Waals surface area contributed by atoms with Crippen molar-refractivity contribution in [2.75, 3.05) is 0 Å². The van der Waals surface area contributed by atoms with Gasteiger partial charge in [0.15, 0.2) is 5.75 Å². The lowest BCUT2D eigenvalue weighted by Crippen LogP contribution is -2.15. The lowest BCUT2D eigenvalue weighted by atomic mass is 10.2. The molecule has 0 aromatic heterocycles. The third-order valence-electron chi connectivity index (χ3n) is 1.38. The number of hydroxylamine groups is 1. The molecular weight excluding hydrogens is 156 g/mol. The van der Waals surface area contributed by atoms with Crippen molar-refractivity contribution in [1.29, 1.82) is 0 Å². The smallest absolute Gasteiger partial charge is 0.239 e. The van der Waals surface area contributed by atoms with E-state index in [1.54, 1.807) is 12.1 Å². The summed E-state index contributed by atoms with van der Waals surface area (Å²) < 4.78 is 0. The van der Waals surface area contributed by atoms with Crippen LogP contribution >= 0.6 is 0 Å². The fraction of sp³-hybridized carbons (Fsp3) is 0.125. The summed E-state index contributed by atoms with van der Waals surface area (Å²) >= 11 is 0. The third kappa shape index (κ3) is 2.25. The van der Waals surface area contributed by atoms with Crippen molar-refractivity contribution >= 4 is 6.41 Å². The minimum atomic E-state index is 0.469. The van der Waals surface area contributed by atoms with Gasteiger partial charge in [0.1, 0.15) is 0 Å². The Morgan fingerprint density at radius 2 is 2.08 bits per heavy atom. The maximum absolute atomic E-state index is 9.85. The van der Waals surface area contributed by atoms with E-state index in [0.717, 1.165) is 5.56 Å². The molecule has 0 atom stereocenters. The normalized spacial score (nSPS) is 9.08. The van der Waals surface area contributed by atoms with Gasteiger partial charge in [-0.3, -0.25) is 4.79 Å². The molecule has 0 aliphatic rings. The summed E-state index contributed by atoms with van der Waals surface area (Å²) in [5.41, 5.74) is 8.50. The van der Waals surface area contributed by atoms with Crippen LogP contribution in [0, 0.1) is 0 Å². The predicted octanol–water partition coefficient (Wildman–Crippen LogP) is 0.185. The second-order valence-electron chi connectivity index (χ2n) is 2.19. The van der Waals surface area contributed by atoms with E-state index >= 15 is 0 Å². The fourth-order valence-electron chi connectivity index (χ4n) is 0.786. The number of amides is 1. The minimum Gasteiger partial charge on any atom is -0.380 e. The van der Waals surface area contributed by atoms with Crippen molar-refractivity contribution in [1.82, 2.24) is 5.48 Å². The van der Waals surface area contributed by atoms with Crippen LogP contribution in [0.15, 0.2) is 24.3 Å². The summed E-state index contributed by atoms with van der Waals surface area (Å²) in [6.45, 7) is 0.501. The predicted molar refractivity (Wildman–Crippen MR) is 44.2 cm³/mol. The first-order valence-corrected chi connectivity index (χ1v) is 3.52. The van der Waals surface area contributed by atoms with Crippen molar-refractivity contribution in [3.05, 3.63) is 29.8 Å². The zero-order chi connectivity index (χ0) is 8.81. The standard InChI is InChI=1S/C8H10N2O2/c9-5-7-1-3-8(4-2-7)12-10-6-11/h1-4,6H,5,9H2,(H,10,11). The van der Waals surface area contributed by atoms with Gasteiger partial charge in [-0.25, -0.2) is 0 Å². The van der Waals surface area contributed by atoms with E-state index in [1.165, 1.54) is 0 Å². The maximum atomic E-state index is 9.85. The largest absolute Gasteiger partial charge is 0.380 e. The monoisotopic (exact) mass is 166 g/mol. The summed E-state index contributed by atoms with van der Waals surface area (Å²) in [5, 5.41) is 0. The Labute approximate surface area is 70.3 Å². The van der Waals surface area contributed by atoms with E-state index < -0.39 is 0 Å². The molecule has 0 saturated heterocycles. The Hall–Kier alpha value is -1.55. The van der Waals surface area contributed by atoms with Crippen LogP contribution in [0.2, 0.25) is 0 Å². The van der Waals surface area contributed by atoms with Crippen molar-refractivity contribution < 1.29 is 9.63 Å². The highest BCUT2D eigenvalue weighted by Crippen LogP contribution is 2.09. The van der Waals surface area contributed by atoms with E-state index in [0.29, 0.717) is 18.7 Å². The maximum Gasteiger partial charge on any atom is 0.239 e. The van der Waals surface area contributed by atoms with Crippen molar-refractivity contribution in [2.45, 2.75) is 6.54 Å². The molecule has 1 aromatic carbocycles. The van der Waals surface area contributed by atoms with Gasteiger partial charge in [0, 0.05) is 6.54 Å². The van der Waals surface area contributed by atoms with E-state index in [-0.39, 0.29) is 0 Å². The molecule has 64 valence electrons. The molecule has 0 aliphatic carbocycles. The van der Waals surface area contributed by atoms with Crippen LogP contribution in [0.1, 0.15) is 5.56 Å². The van der Waals surface area contributed by atoms with Gasteiger partial charge in [0.2, 0.25) is 6.41 Å². The molecule has 1 aromatic rings. The van der Waals surface area contributed by atoms with Gasteiger partial charge in [-0.1, -0.05) is 12.1 Å². The van der Waals surface area contributed by atoms with Crippen molar-refractivity contribution in [3.8, 4) is 5.75 Å². The first-order valence-electron chi connectivity index (χ1n) is 3.52. The van der Waals surface area contributed by atoms with Gasteiger partial charge in [0.05, 0.1) is 0 Å². The average molecular weight is 166 g/mol. The number of hydrogen-bond donors (Lipinski definition) is 2.